The Balaban J connectivity index is 1.58. The van der Waals surface area contributed by atoms with Crippen LogP contribution in [0.25, 0.3) is 0 Å². The highest BCUT2D eigenvalue weighted by Crippen LogP contribution is 2.33. The lowest BCUT2D eigenvalue weighted by atomic mass is 10.0. The van der Waals surface area contributed by atoms with Crippen molar-refractivity contribution in [3.05, 3.63) is 77.6 Å². The van der Waals surface area contributed by atoms with Crippen LogP contribution >= 0.6 is 0 Å². The van der Waals surface area contributed by atoms with Gasteiger partial charge in [-0.1, -0.05) is 44.2 Å². The van der Waals surface area contributed by atoms with Crippen molar-refractivity contribution in [1.29, 1.82) is 0 Å². The molecule has 30 heavy (non-hydrogen) atoms. The van der Waals surface area contributed by atoms with Gasteiger partial charge in [-0.25, -0.2) is 8.42 Å². The Morgan fingerprint density at radius 1 is 1.07 bits per heavy atom. The van der Waals surface area contributed by atoms with Crippen molar-refractivity contribution in [3.8, 4) is 0 Å². The second-order valence-electron chi connectivity index (χ2n) is 7.86. The fourth-order valence-electron chi connectivity index (χ4n) is 3.73. The minimum absolute atomic E-state index is 0.113. The summed E-state index contributed by atoms with van der Waals surface area (Å²) in [5.41, 5.74) is 3.86. The summed E-state index contributed by atoms with van der Waals surface area (Å²) >= 11 is 0. The molecule has 0 bridgehead atoms. The lowest BCUT2D eigenvalue weighted by molar-refractivity contribution is 0.101. The van der Waals surface area contributed by atoms with E-state index in [-0.39, 0.29) is 16.5 Å². The van der Waals surface area contributed by atoms with Crippen LogP contribution in [0.3, 0.4) is 0 Å². The van der Waals surface area contributed by atoms with E-state index in [0.717, 1.165) is 5.56 Å². The number of carbonyl (C=O) groups excluding carboxylic acids is 1. The molecular weight excluding hydrogens is 398 g/mol. The third-order valence-electron chi connectivity index (χ3n) is 5.48. The smallest absolute Gasteiger partial charge is 0.272 e. The number of carbonyl (C=O) groups is 1. The molecule has 156 valence electrons. The van der Waals surface area contributed by atoms with Gasteiger partial charge in [0.25, 0.3) is 15.9 Å². The molecule has 6 nitrogen and oxygen atoms in total. The van der Waals surface area contributed by atoms with Crippen molar-refractivity contribution >= 4 is 27.3 Å². The zero-order valence-corrected chi connectivity index (χ0v) is 18.1. The van der Waals surface area contributed by atoms with Crippen molar-refractivity contribution < 1.29 is 13.2 Å². The van der Waals surface area contributed by atoms with Crippen LogP contribution in [0.2, 0.25) is 0 Å². The maximum absolute atomic E-state index is 13.2. The Morgan fingerprint density at radius 3 is 2.47 bits per heavy atom. The average Bonchev–Trinajstić information content (AvgIpc) is 3.33. The number of nitrogens with one attached hydrogen (secondary N) is 1. The molecule has 7 heteroatoms. The maximum atomic E-state index is 13.2. The van der Waals surface area contributed by atoms with Gasteiger partial charge in [0, 0.05) is 25.5 Å². The molecule has 0 radical (unpaired) electrons. The van der Waals surface area contributed by atoms with Crippen LogP contribution in [0.15, 0.2) is 65.7 Å². The Hall–Kier alpha value is -3.06. The van der Waals surface area contributed by atoms with E-state index < -0.39 is 10.0 Å². The molecule has 4 rings (SSSR count). The first kappa shape index (κ1) is 20.2. The van der Waals surface area contributed by atoms with Gasteiger partial charge in [0.2, 0.25) is 0 Å². The van der Waals surface area contributed by atoms with Crippen LogP contribution in [0.5, 0.6) is 0 Å². The summed E-state index contributed by atoms with van der Waals surface area (Å²) in [5.74, 6) is 0.0594. The molecule has 0 saturated carbocycles. The predicted molar refractivity (Wildman–Crippen MR) is 119 cm³/mol. The Labute approximate surface area is 177 Å². The lowest BCUT2D eigenvalue weighted by Crippen LogP contribution is -2.28. The summed E-state index contributed by atoms with van der Waals surface area (Å²) in [5, 5.41) is 2.85. The zero-order chi connectivity index (χ0) is 21.5. The Bertz CT molecular complexity index is 1190. The minimum Gasteiger partial charge on any atom is -0.345 e. The number of sulfonamides is 1. The third-order valence-corrected chi connectivity index (χ3v) is 7.26. The average molecular weight is 424 g/mol. The number of hydrogen-bond donors (Lipinski definition) is 1. The van der Waals surface area contributed by atoms with Crippen molar-refractivity contribution in [2.45, 2.75) is 31.1 Å². The largest absolute Gasteiger partial charge is 0.345 e. The molecule has 1 aromatic heterocycles. The van der Waals surface area contributed by atoms with Gasteiger partial charge in [0.1, 0.15) is 10.6 Å². The first-order valence-corrected chi connectivity index (χ1v) is 11.4. The molecule has 1 aliphatic rings. The number of benzene rings is 2. The third kappa shape index (κ3) is 3.61. The molecule has 1 amide bonds. The van der Waals surface area contributed by atoms with Crippen LogP contribution in [0.1, 0.15) is 41.4 Å². The Morgan fingerprint density at radius 2 is 1.77 bits per heavy atom. The highest BCUT2D eigenvalue weighted by Gasteiger charge is 2.32. The van der Waals surface area contributed by atoms with E-state index in [1.54, 1.807) is 11.6 Å². The second-order valence-corrected chi connectivity index (χ2v) is 9.72. The van der Waals surface area contributed by atoms with Crippen LogP contribution in [0.4, 0.5) is 11.4 Å². The second kappa shape index (κ2) is 7.65. The zero-order valence-electron chi connectivity index (χ0n) is 17.3. The van der Waals surface area contributed by atoms with Crippen LogP contribution in [-0.4, -0.2) is 25.4 Å². The SMILES string of the molecule is CC(C)c1ccc(NC(=O)c2cc(S(=O)(=O)N3CCc4ccccc43)cn2C)cc1. The van der Waals surface area contributed by atoms with Gasteiger partial charge >= 0.3 is 0 Å². The van der Waals surface area contributed by atoms with Crippen LogP contribution < -0.4 is 9.62 Å². The van der Waals surface area contributed by atoms with Crippen LogP contribution in [-0.2, 0) is 23.5 Å². The molecule has 2 aromatic carbocycles. The molecular formula is C23H25N3O3S. The summed E-state index contributed by atoms with van der Waals surface area (Å²) in [6.07, 6.45) is 2.18. The van der Waals surface area contributed by atoms with E-state index in [1.807, 2.05) is 48.5 Å². The number of amides is 1. The number of nitrogens with zero attached hydrogens (tertiary/aromatic N) is 2. The number of rotatable bonds is 5. The molecule has 1 N–H and O–H groups in total. The van der Waals surface area contributed by atoms with Gasteiger partial charge in [0.05, 0.1) is 5.69 Å². The fourth-order valence-corrected chi connectivity index (χ4v) is 5.31. The number of anilines is 2. The number of hydrogen-bond acceptors (Lipinski definition) is 3. The van der Waals surface area contributed by atoms with Gasteiger partial charge in [-0.05, 0) is 47.7 Å². The van der Waals surface area contributed by atoms with Crippen LogP contribution in [0, 0.1) is 0 Å². The summed E-state index contributed by atoms with van der Waals surface area (Å²) < 4.78 is 29.4. The highest BCUT2D eigenvalue weighted by molar-refractivity contribution is 7.92. The molecule has 0 fully saturated rings. The summed E-state index contributed by atoms with van der Waals surface area (Å²) in [6.45, 7) is 4.62. The standard InChI is InChI=1S/C23H25N3O3S/c1-16(2)17-8-10-19(11-9-17)24-23(27)22-14-20(15-25(22)3)30(28,29)26-13-12-18-6-4-5-7-21(18)26/h4-11,14-16H,12-13H2,1-3H3,(H,24,27). The minimum atomic E-state index is -3.74. The van der Waals surface area contributed by atoms with Gasteiger partial charge < -0.3 is 9.88 Å². The first-order valence-electron chi connectivity index (χ1n) is 9.95. The molecule has 3 aromatic rings. The van der Waals surface area contributed by atoms with Crippen molar-refractivity contribution in [2.75, 3.05) is 16.2 Å². The topological polar surface area (TPSA) is 71.4 Å². The number of aryl methyl sites for hydroxylation is 1. The van der Waals surface area contributed by atoms with E-state index in [4.69, 9.17) is 0 Å². The molecule has 2 heterocycles. The predicted octanol–water partition coefficient (Wildman–Crippen LogP) is 4.15. The first-order chi connectivity index (χ1) is 14.3. The van der Waals surface area contributed by atoms with Gasteiger partial charge in [-0.15, -0.1) is 0 Å². The summed E-state index contributed by atoms with van der Waals surface area (Å²) in [7, 11) is -2.07. The van der Waals surface area contributed by atoms with E-state index in [2.05, 4.69) is 19.2 Å². The van der Waals surface area contributed by atoms with Gasteiger partial charge in [0.15, 0.2) is 0 Å². The number of aromatic nitrogens is 1. The number of para-hydroxylation sites is 1. The van der Waals surface area contributed by atoms with Crippen molar-refractivity contribution in [3.63, 3.8) is 0 Å². The summed E-state index contributed by atoms with van der Waals surface area (Å²) in [4.78, 5) is 12.9. The monoisotopic (exact) mass is 423 g/mol. The fraction of sp³-hybridized carbons (Fsp3) is 0.261. The van der Waals surface area contributed by atoms with Gasteiger partial charge in [-0.2, -0.15) is 0 Å². The molecule has 0 aliphatic carbocycles. The molecule has 1 aliphatic heterocycles. The van der Waals surface area contributed by atoms with E-state index >= 15 is 0 Å². The number of fused-ring (bicyclic) bond motifs is 1. The van der Waals surface area contributed by atoms with E-state index in [0.29, 0.717) is 30.3 Å². The molecule has 0 spiro atoms. The summed E-state index contributed by atoms with van der Waals surface area (Å²) in [6, 6.07) is 16.6. The normalized spacial score (nSPS) is 13.5. The lowest BCUT2D eigenvalue weighted by Gasteiger charge is -2.18. The molecule has 0 atom stereocenters. The maximum Gasteiger partial charge on any atom is 0.272 e. The van der Waals surface area contributed by atoms with E-state index in [9.17, 15) is 13.2 Å². The molecule has 0 unspecified atom stereocenters. The molecule has 0 saturated heterocycles. The Kier molecular flexibility index (Phi) is 5.15. The van der Waals surface area contributed by atoms with E-state index in [1.165, 1.54) is 22.1 Å². The van der Waals surface area contributed by atoms with Crippen molar-refractivity contribution in [1.82, 2.24) is 4.57 Å². The van der Waals surface area contributed by atoms with Crippen molar-refractivity contribution in [2.24, 2.45) is 7.05 Å². The van der Waals surface area contributed by atoms with Gasteiger partial charge in [-0.3, -0.25) is 9.10 Å². The quantitative estimate of drug-likeness (QED) is 0.670. The highest BCUT2D eigenvalue weighted by atomic mass is 32.2.